The Morgan fingerprint density at radius 2 is 2.12 bits per heavy atom. The zero-order valence-corrected chi connectivity index (χ0v) is 9.87. The number of carbonyl (C=O) groups excluding carboxylic acids is 1. The molecular weight excluding hydrogens is 228 g/mol. The summed E-state index contributed by atoms with van der Waals surface area (Å²) in [6.45, 7) is 1.41. The maximum Gasteiger partial charge on any atom is 0.179 e. The highest BCUT2D eigenvalue weighted by molar-refractivity contribution is 7.91. The largest absolute Gasteiger partial charge is 0.497 e. The van der Waals surface area contributed by atoms with Crippen LogP contribution in [0.25, 0.3) is 0 Å². The molecule has 5 heteroatoms. The first-order valence-electron chi connectivity index (χ1n) is 4.87. The Kier molecular flexibility index (Phi) is 2.50. The first-order chi connectivity index (χ1) is 7.45. The maximum absolute atomic E-state index is 11.8. The molecule has 1 atom stereocenters. The number of methoxy groups -OCH3 is 1. The Morgan fingerprint density at radius 3 is 2.69 bits per heavy atom. The van der Waals surface area contributed by atoms with Crippen molar-refractivity contribution in [2.75, 3.05) is 12.9 Å². The van der Waals surface area contributed by atoms with Gasteiger partial charge < -0.3 is 4.74 Å². The highest BCUT2D eigenvalue weighted by Crippen LogP contribution is 2.37. The number of carbonyl (C=O) groups is 1. The third-order valence-electron chi connectivity index (χ3n) is 2.80. The summed E-state index contributed by atoms with van der Waals surface area (Å²) in [5, 5.41) is 0. The second kappa shape index (κ2) is 3.59. The van der Waals surface area contributed by atoms with Crippen LogP contribution in [-0.2, 0) is 14.6 Å². The molecule has 0 N–H and O–H groups in total. The van der Waals surface area contributed by atoms with Crippen molar-refractivity contribution in [3.8, 4) is 5.75 Å². The Bertz CT molecular complexity index is 545. The van der Waals surface area contributed by atoms with Crippen LogP contribution in [0.5, 0.6) is 5.75 Å². The fraction of sp³-hybridized carbons (Fsp3) is 0.364. The molecule has 0 saturated carbocycles. The quantitative estimate of drug-likeness (QED) is 0.778. The zero-order valence-electron chi connectivity index (χ0n) is 9.06. The van der Waals surface area contributed by atoms with Crippen molar-refractivity contribution in [1.82, 2.24) is 0 Å². The molecule has 2 rings (SSSR count). The molecule has 86 valence electrons. The molecule has 0 fully saturated rings. The van der Waals surface area contributed by atoms with Gasteiger partial charge in [0.25, 0.3) is 0 Å². The molecule has 0 spiro atoms. The van der Waals surface area contributed by atoms with Crippen LogP contribution < -0.4 is 4.74 Å². The van der Waals surface area contributed by atoms with Crippen molar-refractivity contribution < 1.29 is 17.9 Å². The molecule has 1 aliphatic heterocycles. The van der Waals surface area contributed by atoms with Crippen molar-refractivity contribution in [3.05, 3.63) is 23.8 Å². The Morgan fingerprint density at radius 1 is 1.44 bits per heavy atom. The van der Waals surface area contributed by atoms with Gasteiger partial charge in [-0.15, -0.1) is 0 Å². The first-order valence-corrected chi connectivity index (χ1v) is 6.52. The lowest BCUT2D eigenvalue weighted by atomic mass is 9.98. The fourth-order valence-electron chi connectivity index (χ4n) is 1.94. The van der Waals surface area contributed by atoms with Gasteiger partial charge in [0.1, 0.15) is 11.5 Å². The molecule has 0 aliphatic carbocycles. The minimum Gasteiger partial charge on any atom is -0.497 e. The molecule has 1 unspecified atom stereocenters. The molecule has 1 aliphatic rings. The molecule has 16 heavy (non-hydrogen) atoms. The van der Waals surface area contributed by atoms with E-state index in [1.807, 2.05) is 0 Å². The summed E-state index contributed by atoms with van der Waals surface area (Å²) < 4.78 is 28.6. The molecule has 0 amide bonds. The average molecular weight is 240 g/mol. The van der Waals surface area contributed by atoms with Crippen molar-refractivity contribution >= 4 is 15.6 Å². The number of rotatable bonds is 2. The van der Waals surface area contributed by atoms with E-state index in [0.29, 0.717) is 11.3 Å². The lowest BCUT2D eigenvalue weighted by molar-refractivity contribution is -0.117. The number of fused-ring (bicyclic) bond motifs is 1. The van der Waals surface area contributed by atoms with Gasteiger partial charge in [-0.25, -0.2) is 8.42 Å². The Balaban J connectivity index is 2.64. The molecule has 4 nitrogen and oxygen atoms in total. The van der Waals surface area contributed by atoms with E-state index >= 15 is 0 Å². The SMILES string of the molecule is COc1ccc2c(c1)C(C(C)=O)CS2(=O)=O. The summed E-state index contributed by atoms with van der Waals surface area (Å²) in [4.78, 5) is 11.6. The Hall–Kier alpha value is -1.36. The van der Waals surface area contributed by atoms with Crippen LogP contribution in [0.15, 0.2) is 23.1 Å². The van der Waals surface area contributed by atoms with Crippen LogP contribution in [-0.4, -0.2) is 27.1 Å². The third kappa shape index (κ3) is 1.61. The molecule has 1 heterocycles. The van der Waals surface area contributed by atoms with Crippen molar-refractivity contribution in [1.29, 1.82) is 0 Å². The average Bonchev–Trinajstić information content (AvgIpc) is 2.50. The van der Waals surface area contributed by atoms with Gasteiger partial charge >= 0.3 is 0 Å². The van der Waals surface area contributed by atoms with Crippen molar-refractivity contribution in [2.24, 2.45) is 0 Å². The topological polar surface area (TPSA) is 60.4 Å². The number of hydrogen-bond acceptors (Lipinski definition) is 4. The molecule has 1 aromatic rings. The van der Waals surface area contributed by atoms with Gasteiger partial charge in [-0.05, 0) is 30.7 Å². The number of benzene rings is 1. The second-order valence-electron chi connectivity index (χ2n) is 3.85. The lowest BCUT2D eigenvalue weighted by Gasteiger charge is -2.06. The Labute approximate surface area is 94.2 Å². The summed E-state index contributed by atoms with van der Waals surface area (Å²) in [6.07, 6.45) is 0. The van der Waals surface area contributed by atoms with Crippen LogP contribution in [0.4, 0.5) is 0 Å². The lowest BCUT2D eigenvalue weighted by Crippen LogP contribution is -2.11. The van der Waals surface area contributed by atoms with Crippen LogP contribution in [0, 0.1) is 0 Å². The molecule has 0 bridgehead atoms. The van der Waals surface area contributed by atoms with Gasteiger partial charge in [-0.3, -0.25) is 4.79 Å². The van der Waals surface area contributed by atoms with Crippen molar-refractivity contribution in [2.45, 2.75) is 17.7 Å². The van der Waals surface area contributed by atoms with Gasteiger partial charge in [0.2, 0.25) is 0 Å². The van der Waals surface area contributed by atoms with E-state index in [1.54, 1.807) is 12.1 Å². The van der Waals surface area contributed by atoms with Crippen LogP contribution in [0.2, 0.25) is 0 Å². The van der Waals surface area contributed by atoms with E-state index in [2.05, 4.69) is 0 Å². The van der Waals surface area contributed by atoms with Crippen LogP contribution in [0.3, 0.4) is 0 Å². The highest BCUT2D eigenvalue weighted by Gasteiger charge is 2.37. The van der Waals surface area contributed by atoms with E-state index in [1.165, 1.54) is 20.1 Å². The fourth-order valence-corrected chi connectivity index (χ4v) is 3.81. The van der Waals surface area contributed by atoms with E-state index < -0.39 is 15.8 Å². The van der Waals surface area contributed by atoms with Gasteiger partial charge in [0.05, 0.1) is 23.7 Å². The predicted molar refractivity (Wildman–Crippen MR) is 58.5 cm³/mol. The summed E-state index contributed by atoms with van der Waals surface area (Å²) in [5.74, 6) is -0.224. The molecule has 1 aromatic carbocycles. The summed E-state index contributed by atoms with van der Waals surface area (Å²) in [5.41, 5.74) is 0.562. The minimum absolute atomic E-state index is 0.120. The minimum atomic E-state index is -3.30. The highest BCUT2D eigenvalue weighted by atomic mass is 32.2. The first kappa shape index (κ1) is 11.1. The van der Waals surface area contributed by atoms with Gasteiger partial charge in [0, 0.05) is 0 Å². The summed E-state index contributed by atoms with van der Waals surface area (Å²) >= 11 is 0. The number of Topliss-reactive ketones (excluding diaryl/α,β-unsaturated/α-hetero) is 1. The van der Waals surface area contributed by atoms with Gasteiger partial charge in [-0.1, -0.05) is 0 Å². The molecular formula is C11H12O4S. The van der Waals surface area contributed by atoms with Crippen LogP contribution >= 0.6 is 0 Å². The number of hydrogen-bond donors (Lipinski definition) is 0. The summed E-state index contributed by atoms with van der Waals surface area (Å²) in [7, 11) is -1.79. The molecule has 0 aromatic heterocycles. The normalized spacial score (nSPS) is 21.5. The van der Waals surface area contributed by atoms with E-state index in [4.69, 9.17) is 4.74 Å². The van der Waals surface area contributed by atoms with Crippen molar-refractivity contribution in [3.63, 3.8) is 0 Å². The molecule has 0 saturated heterocycles. The van der Waals surface area contributed by atoms with E-state index in [0.717, 1.165) is 0 Å². The third-order valence-corrected chi connectivity index (χ3v) is 4.62. The monoisotopic (exact) mass is 240 g/mol. The van der Waals surface area contributed by atoms with E-state index in [-0.39, 0.29) is 16.4 Å². The van der Waals surface area contributed by atoms with E-state index in [9.17, 15) is 13.2 Å². The molecule has 0 radical (unpaired) electrons. The number of ketones is 1. The van der Waals surface area contributed by atoms with Crippen LogP contribution in [0.1, 0.15) is 18.4 Å². The number of sulfone groups is 1. The number of ether oxygens (including phenoxy) is 1. The van der Waals surface area contributed by atoms with Gasteiger partial charge in [-0.2, -0.15) is 0 Å². The maximum atomic E-state index is 11.8. The second-order valence-corrected chi connectivity index (χ2v) is 5.85. The smallest absolute Gasteiger partial charge is 0.179 e. The predicted octanol–water partition coefficient (Wildman–Crippen LogP) is 1.16. The summed E-state index contributed by atoms with van der Waals surface area (Å²) in [6, 6.07) is 4.73. The van der Waals surface area contributed by atoms with Gasteiger partial charge in [0.15, 0.2) is 9.84 Å². The zero-order chi connectivity index (χ0) is 11.9. The standard InChI is InChI=1S/C11H12O4S/c1-7(12)10-6-16(13,14)11-4-3-8(15-2)5-9(10)11/h3-5,10H,6H2,1-2H3.